The average Bonchev–Trinajstić information content (AvgIpc) is 3.31. The second-order valence-electron chi connectivity index (χ2n) is 9.97. The van der Waals surface area contributed by atoms with Gasteiger partial charge in [0.05, 0.1) is 28.9 Å². The van der Waals surface area contributed by atoms with E-state index in [4.69, 9.17) is 9.15 Å². The third-order valence-corrected chi connectivity index (χ3v) is 7.86. The molecule has 0 saturated heterocycles. The number of rotatable bonds is 6. The number of carbonyl (C=O) groups excluding carboxylic acids is 1. The number of sulfonamides is 1. The fourth-order valence-electron chi connectivity index (χ4n) is 4.09. The maximum atomic E-state index is 14.2. The molecule has 0 radical (unpaired) electrons. The number of anilines is 2. The molecule has 0 amide bonds. The molecule has 8 heteroatoms. The Morgan fingerprint density at radius 1 is 0.972 bits per heavy atom. The molecule has 0 bridgehead atoms. The summed E-state index contributed by atoms with van der Waals surface area (Å²) in [5.74, 6) is -0.577. The largest absolute Gasteiger partial charge is 0.465 e. The van der Waals surface area contributed by atoms with Gasteiger partial charge in [-0.3, -0.25) is 0 Å². The summed E-state index contributed by atoms with van der Waals surface area (Å²) < 4.78 is 39.9. The number of methoxy groups -OCH3 is 1. The van der Waals surface area contributed by atoms with Gasteiger partial charge in [0.2, 0.25) is 0 Å². The Balaban J connectivity index is 1.92. The van der Waals surface area contributed by atoms with Crippen LogP contribution in [-0.4, -0.2) is 26.5 Å². The van der Waals surface area contributed by atoms with Crippen LogP contribution in [0.25, 0.3) is 11.1 Å². The normalized spacial score (nSPS) is 12.2. The van der Waals surface area contributed by atoms with E-state index in [1.807, 2.05) is 26.0 Å². The molecular weight excluding hydrogens is 476 g/mol. The molecule has 0 aliphatic heterocycles. The first-order valence-electron chi connectivity index (χ1n) is 11.6. The van der Waals surface area contributed by atoms with Crippen LogP contribution >= 0.6 is 0 Å². The van der Waals surface area contributed by atoms with Gasteiger partial charge in [-0.05, 0) is 64.9 Å². The zero-order valence-electron chi connectivity index (χ0n) is 21.3. The SMILES string of the molecule is COC(=O)c1cc(S(=O)(=O)N(c2ccc(C(C)(C)C)cc2)c2ccc3ocnc3c2)ccc1C(C)C. The first-order chi connectivity index (χ1) is 16.9. The van der Waals surface area contributed by atoms with Crippen molar-refractivity contribution in [1.82, 2.24) is 4.98 Å². The van der Waals surface area contributed by atoms with Crippen LogP contribution in [0.1, 0.15) is 62.0 Å². The smallest absolute Gasteiger partial charge is 0.338 e. The number of nitrogens with zero attached hydrogens (tertiary/aromatic N) is 2. The predicted octanol–water partition coefficient (Wildman–Crippen LogP) is 6.56. The fourth-order valence-corrected chi connectivity index (χ4v) is 5.60. The minimum Gasteiger partial charge on any atom is -0.465 e. The molecule has 0 saturated carbocycles. The second-order valence-corrected chi connectivity index (χ2v) is 11.8. The maximum absolute atomic E-state index is 14.2. The summed E-state index contributed by atoms with van der Waals surface area (Å²) in [4.78, 5) is 16.7. The molecule has 3 aromatic carbocycles. The molecule has 0 fully saturated rings. The molecule has 4 aromatic rings. The highest BCUT2D eigenvalue weighted by atomic mass is 32.2. The zero-order chi connectivity index (χ0) is 26.3. The Morgan fingerprint density at radius 2 is 1.64 bits per heavy atom. The third-order valence-electron chi connectivity index (χ3n) is 6.11. The van der Waals surface area contributed by atoms with Gasteiger partial charge in [-0.25, -0.2) is 22.5 Å². The van der Waals surface area contributed by atoms with Gasteiger partial charge in [0.1, 0.15) is 5.52 Å². The van der Waals surface area contributed by atoms with E-state index in [-0.39, 0.29) is 21.8 Å². The monoisotopic (exact) mass is 506 g/mol. The highest BCUT2D eigenvalue weighted by Gasteiger charge is 2.30. The fraction of sp³-hybridized carbons (Fsp3) is 0.286. The number of fused-ring (bicyclic) bond motifs is 1. The number of aromatic nitrogens is 1. The predicted molar refractivity (Wildman–Crippen MR) is 140 cm³/mol. The van der Waals surface area contributed by atoms with Crippen molar-refractivity contribution < 1.29 is 22.4 Å². The average molecular weight is 507 g/mol. The lowest BCUT2D eigenvalue weighted by Crippen LogP contribution is -2.27. The molecule has 188 valence electrons. The Hall–Kier alpha value is -3.65. The van der Waals surface area contributed by atoms with Crippen LogP contribution in [0.4, 0.5) is 11.4 Å². The van der Waals surface area contributed by atoms with Crippen molar-refractivity contribution in [2.75, 3.05) is 11.4 Å². The van der Waals surface area contributed by atoms with E-state index in [0.717, 1.165) is 5.56 Å². The van der Waals surface area contributed by atoms with Gasteiger partial charge in [-0.15, -0.1) is 0 Å². The molecule has 0 spiro atoms. The molecule has 0 aliphatic carbocycles. The van der Waals surface area contributed by atoms with Crippen molar-refractivity contribution >= 4 is 38.5 Å². The maximum Gasteiger partial charge on any atom is 0.338 e. The molecule has 1 aromatic heterocycles. The number of ether oxygens (including phenoxy) is 1. The minimum absolute atomic E-state index is 0.00599. The minimum atomic E-state index is -4.15. The van der Waals surface area contributed by atoms with Gasteiger partial charge in [0, 0.05) is 0 Å². The molecule has 0 N–H and O–H groups in total. The van der Waals surface area contributed by atoms with E-state index in [2.05, 4.69) is 25.8 Å². The third kappa shape index (κ3) is 4.73. The van der Waals surface area contributed by atoms with Crippen molar-refractivity contribution in [2.24, 2.45) is 0 Å². The van der Waals surface area contributed by atoms with E-state index >= 15 is 0 Å². The summed E-state index contributed by atoms with van der Waals surface area (Å²) in [6.07, 6.45) is 1.32. The molecule has 1 heterocycles. The summed E-state index contributed by atoms with van der Waals surface area (Å²) >= 11 is 0. The molecule has 0 aliphatic rings. The van der Waals surface area contributed by atoms with Crippen molar-refractivity contribution in [1.29, 1.82) is 0 Å². The highest BCUT2D eigenvalue weighted by molar-refractivity contribution is 7.93. The van der Waals surface area contributed by atoms with Gasteiger partial charge >= 0.3 is 5.97 Å². The second kappa shape index (κ2) is 9.43. The highest BCUT2D eigenvalue weighted by Crippen LogP contribution is 2.36. The quantitative estimate of drug-likeness (QED) is 0.275. The Labute approximate surface area is 211 Å². The number of hydrogen-bond acceptors (Lipinski definition) is 6. The summed E-state index contributed by atoms with van der Waals surface area (Å²) in [6.45, 7) is 10.2. The van der Waals surface area contributed by atoms with E-state index in [0.29, 0.717) is 28.0 Å². The van der Waals surface area contributed by atoms with Crippen molar-refractivity contribution in [3.8, 4) is 0 Å². The zero-order valence-corrected chi connectivity index (χ0v) is 22.1. The van der Waals surface area contributed by atoms with Crippen LogP contribution in [0.5, 0.6) is 0 Å². The van der Waals surface area contributed by atoms with E-state index in [1.54, 1.807) is 36.4 Å². The van der Waals surface area contributed by atoms with Gasteiger partial charge in [0.25, 0.3) is 10.0 Å². The summed E-state index contributed by atoms with van der Waals surface area (Å²) in [6, 6.07) is 17.0. The molecule has 0 atom stereocenters. The molecule has 4 rings (SSSR count). The number of carbonyl (C=O) groups is 1. The topological polar surface area (TPSA) is 89.7 Å². The molecular formula is C28H30N2O5S. The lowest BCUT2D eigenvalue weighted by molar-refractivity contribution is 0.0598. The lowest BCUT2D eigenvalue weighted by Gasteiger charge is -2.26. The van der Waals surface area contributed by atoms with Crippen molar-refractivity contribution in [3.63, 3.8) is 0 Å². The van der Waals surface area contributed by atoms with Crippen LogP contribution in [0, 0.1) is 0 Å². The number of benzene rings is 3. The van der Waals surface area contributed by atoms with Gasteiger partial charge in [-0.1, -0.05) is 52.8 Å². The number of oxazole rings is 1. The van der Waals surface area contributed by atoms with Gasteiger partial charge < -0.3 is 9.15 Å². The lowest BCUT2D eigenvalue weighted by atomic mass is 9.87. The standard InChI is InChI=1S/C28H30N2O5S/c1-18(2)23-13-12-22(16-24(23)27(31)34-6)36(32,33)30(20-9-7-19(8-10-20)28(3,4)5)21-11-14-26-25(15-21)29-17-35-26/h7-18H,1-6H3. The Bertz CT molecular complexity index is 1510. The molecule has 36 heavy (non-hydrogen) atoms. The Morgan fingerprint density at radius 3 is 2.25 bits per heavy atom. The number of esters is 1. The first kappa shape index (κ1) is 25.4. The first-order valence-corrected chi connectivity index (χ1v) is 13.1. The van der Waals surface area contributed by atoms with Crippen LogP contribution in [0.15, 0.2) is 76.4 Å². The molecule has 0 unspecified atom stereocenters. The Kier molecular flexibility index (Phi) is 6.66. The van der Waals surface area contributed by atoms with E-state index in [9.17, 15) is 13.2 Å². The van der Waals surface area contributed by atoms with E-state index in [1.165, 1.54) is 29.9 Å². The van der Waals surface area contributed by atoms with Crippen LogP contribution in [0.3, 0.4) is 0 Å². The number of hydrogen-bond donors (Lipinski definition) is 0. The van der Waals surface area contributed by atoms with Crippen LogP contribution in [0.2, 0.25) is 0 Å². The van der Waals surface area contributed by atoms with Gasteiger partial charge in [-0.2, -0.15) is 0 Å². The van der Waals surface area contributed by atoms with Crippen LogP contribution in [-0.2, 0) is 20.2 Å². The summed E-state index contributed by atoms with van der Waals surface area (Å²) in [7, 11) is -2.87. The summed E-state index contributed by atoms with van der Waals surface area (Å²) in [5.41, 5.74) is 3.85. The van der Waals surface area contributed by atoms with E-state index < -0.39 is 16.0 Å². The van der Waals surface area contributed by atoms with Gasteiger partial charge in [0.15, 0.2) is 12.0 Å². The van der Waals surface area contributed by atoms with Crippen LogP contribution < -0.4 is 4.31 Å². The summed E-state index contributed by atoms with van der Waals surface area (Å²) in [5, 5.41) is 0. The van der Waals surface area contributed by atoms with Crippen molar-refractivity contribution in [2.45, 2.75) is 50.8 Å². The molecule has 7 nitrogen and oxygen atoms in total. The van der Waals surface area contributed by atoms with Crippen molar-refractivity contribution in [3.05, 3.63) is 83.7 Å².